The van der Waals surface area contributed by atoms with Gasteiger partial charge in [0, 0.05) is 12.6 Å². The van der Waals surface area contributed by atoms with E-state index in [2.05, 4.69) is 15.9 Å². The third-order valence-corrected chi connectivity index (χ3v) is 4.64. The van der Waals surface area contributed by atoms with Gasteiger partial charge in [-0.1, -0.05) is 6.92 Å². The van der Waals surface area contributed by atoms with Crippen LogP contribution in [0.2, 0.25) is 0 Å². The number of nitro benzene ring substituents is 1. The Bertz CT molecular complexity index is 580. The third-order valence-electron chi connectivity index (χ3n) is 3.80. The third kappa shape index (κ3) is 3.23. The van der Waals surface area contributed by atoms with Crippen molar-refractivity contribution in [2.75, 3.05) is 6.54 Å². The first-order chi connectivity index (χ1) is 9.95. The number of nitro groups is 1. The summed E-state index contributed by atoms with van der Waals surface area (Å²) in [7, 11) is 0. The molecule has 0 aromatic heterocycles. The molecule has 1 fully saturated rings. The second-order valence-electron chi connectivity index (χ2n) is 5.10. The topological polar surface area (TPSA) is 63.5 Å². The Labute approximate surface area is 130 Å². The number of carbonyl (C=O) groups excluding carboxylic acids is 1. The maximum atomic E-state index is 13.6. The van der Waals surface area contributed by atoms with Gasteiger partial charge in [0.15, 0.2) is 0 Å². The molecule has 1 aromatic rings. The molecule has 5 nitrogen and oxygen atoms in total. The highest BCUT2D eigenvalue weighted by Crippen LogP contribution is 2.32. The van der Waals surface area contributed by atoms with Crippen molar-refractivity contribution < 1.29 is 14.1 Å². The molecule has 21 heavy (non-hydrogen) atoms. The molecule has 0 aliphatic carbocycles. The minimum absolute atomic E-state index is 0.0158. The molecule has 7 heteroatoms. The number of hydrogen-bond donors (Lipinski definition) is 0. The van der Waals surface area contributed by atoms with Crippen LogP contribution < -0.4 is 0 Å². The zero-order valence-corrected chi connectivity index (χ0v) is 13.2. The van der Waals surface area contributed by atoms with E-state index in [4.69, 9.17) is 0 Å². The van der Waals surface area contributed by atoms with E-state index >= 15 is 0 Å². The quantitative estimate of drug-likeness (QED) is 0.607. The molecule has 2 rings (SSSR count). The van der Waals surface area contributed by atoms with Crippen molar-refractivity contribution in [2.24, 2.45) is 0 Å². The fourth-order valence-electron chi connectivity index (χ4n) is 2.71. The Morgan fingerprint density at radius 2 is 2.24 bits per heavy atom. The van der Waals surface area contributed by atoms with E-state index in [9.17, 15) is 19.3 Å². The Kier molecular flexibility index (Phi) is 4.92. The average molecular weight is 359 g/mol. The van der Waals surface area contributed by atoms with Crippen molar-refractivity contribution >= 4 is 27.5 Å². The number of halogens is 2. The van der Waals surface area contributed by atoms with E-state index in [1.54, 1.807) is 4.90 Å². The van der Waals surface area contributed by atoms with Crippen LogP contribution in [0.4, 0.5) is 10.1 Å². The van der Waals surface area contributed by atoms with Gasteiger partial charge in [0.25, 0.3) is 11.6 Å². The largest absolute Gasteiger partial charge is 0.336 e. The highest BCUT2D eigenvalue weighted by Gasteiger charge is 2.30. The lowest BCUT2D eigenvalue weighted by atomic mass is 9.98. The van der Waals surface area contributed by atoms with Crippen molar-refractivity contribution in [3.63, 3.8) is 0 Å². The lowest BCUT2D eigenvalue weighted by Gasteiger charge is -2.35. The molecule has 0 N–H and O–H groups in total. The number of amides is 1. The monoisotopic (exact) mass is 358 g/mol. The molecule has 1 heterocycles. The molecule has 0 unspecified atom stereocenters. The Morgan fingerprint density at radius 3 is 2.86 bits per heavy atom. The summed E-state index contributed by atoms with van der Waals surface area (Å²) in [4.78, 5) is 24.6. The number of likely N-dealkylation sites (tertiary alicyclic amines) is 1. The highest BCUT2D eigenvalue weighted by molar-refractivity contribution is 9.10. The molecule has 0 bridgehead atoms. The van der Waals surface area contributed by atoms with Crippen LogP contribution in [0.15, 0.2) is 16.6 Å². The van der Waals surface area contributed by atoms with E-state index in [1.165, 1.54) is 0 Å². The summed E-state index contributed by atoms with van der Waals surface area (Å²) in [6.45, 7) is 2.60. The number of nitrogens with zero attached hydrogens (tertiary/aromatic N) is 2. The fourth-order valence-corrected chi connectivity index (χ4v) is 3.25. The van der Waals surface area contributed by atoms with Crippen molar-refractivity contribution in [1.82, 2.24) is 4.90 Å². The van der Waals surface area contributed by atoms with Gasteiger partial charge in [-0.25, -0.2) is 4.39 Å². The van der Waals surface area contributed by atoms with Gasteiger partial charge in [0.2, 0.25) is 0 Å². The Hall–Kier alpha value is -1.50. The normalized spacial score (nSPS) is 18.6. The van der Waals surface area contributed by atoms with Gasteiger partial charge in [-0.2, -0.15) is 0 Å². The van der Waals surface area contributed by atoms with Crippen molar-refractivity contribution in [3.8, 4) is 0 Å². The smallest absolute Gasteiger partial charge is 0.287 e. The summed E-state index contributed by atoms with van der Waals surface area (Å²) in [6, 6.07) is 1.98. The van der Waals surface area contributed by atoms with Gasteiger partial charge in [-0.15, -0.1) is 0 Å². The first-order valence-electron chi connectivity index (χ1n) is 6.90. The van der Waals surface area contributed by atoms with Crippen LogP contribution in [0.1, 0.15) is 43.0 Å². The highest BCUT2D eigenvalue weighted by atomic mass is 79.9. The number of piperidine rings is 1. The predicted octanol–water partition coefficient (Wildman–Crippen LogP) is 3.90. The molecule has 114 valence electrons. The van der Waals surface area contributed by atoms with Crippen LogP contribution in [-0.2, 0) is 0 Å². The van der Waals surface area contributed by atoms with Crippen LogP contribution in [0, 0.1) is 15.9 Å². The molecule has 0 saturated carbocycles. The van der Waals surface area contributed by atoms with Crippen LogP contribution in [0.5, 0.6) is 0 Å². The summed E-state index contributed by atoms with van der Waals surface area (Å²) in [5.41, 5.74) is -0.412. The second-order valence-corrected chi connectivity index (χ2v) is 5.89. The summed E-state index contributed by atoms with van der Waals surface area (Å²) in [6.07, 6.45) is 3.70. The van der Waals surface area contributed by atoms with Gasteiger partial charge in [0.1, 0.15) is 10.3 Å². The fraction of sp³-hybridized carbons (Fsp3) is 0.500. The molecule has 1 aromatic carbocycles. The van der Waals surface area contributed by atoms with E-state index in [0.717, 1.165) is 37.8 Å². The first kappa shape index (κ1) is 15.9. The summed E-state index contributed by atoms with van der Waals surface area (Å²) in [5.74, 6) is -1.13. The van der Waals surface area contributed by atoms with Crippen LogP contribution in [-0.4, -0.2) is 28.3 Å². The molecule has 1 aliphatic heterocycles. The Balaban J connectivity index is 2.41. The number of rotatable bonds is 3. The average Bonchev–Trinajstić information content (AvgIpc) is 2.48. The van der Waals surface area contributed by atoms with Crippen molar-refractivity contribution in [1.29, 1.82) is 0 Å². The maximum absolute atomic E-state index is 13.6. The molecular weight excluding hydrogens is 343 g/mol. The summed E-state index contributed by atoms with van der Waals surface area (Å²) >= 11 is 3.07. The predicted molar refractivity (Wildman–Crippen MR) is 79.7 cm³/mol. The SMILES string of the molecule is CC[C@H]1CCCCN1C(=O)c1cc(F)cc([N+](=O)[O-])c1Br. The minimum atomic E-state index is -0.779. The van der Waals surface area contributed by atoms with Crippen molar-refractivity contribution in [3.05, 3.63) is 38.1 Å². The van der Waals surface area contributed by atoms with Crippen molar-refractivity contribution in [2.45, 2.75) is 38.6 Å². The number of carbonyl (C=O) groups is 1. The van der Waals surface area contributed by atoms with Crippen LogP contribution in [0.25, 0.3) is 0 Å². The molecular formula is C14H16BrFN2O3. The molecule has 1 amide bonds. The van der Waals surface area contributed by atoms with E-state index in [1.807, 2.05) is 6.92 Å². The standard InChI is InChI=1S/C14H16BrFN2O3/c1-2-10-5-3-4-6-17(10)14(19)11-7-9(16)8-12(13(11)15)18(20)21/h7-8,10H,2-6H2,1H3/t10-/m0/s1. The van der Waals surface area contributed by atoms with E-state index in [0.29, 0.717) is 6.54 Å². The second kappa shape index (κ2) is 6.51. The van der Waals surface area contributed by atoms with Gasteiger partial charge in [-0.05, 0) is 47.7 Å². The number of benzene rings is 1. The summed E-state index contributed by atoms with van der Waals surface area (Å²) < 4.78 is 13.6. The minimum Gasteiger partial charge on any atom is -0.336 e. The van der Waals surface area contributed by atoms with Gasteiger partial charge in [-0.3, -0.25) is 14.9 Å². The molecule has 1 atom stereocenters. The summed E-state index contributed by atoms with van der Waals surface area (Å²) in [5, 5.41) is 10.9. The lowest BCUT2D eigenvalue weighted by Crippen LogP contribution is -2.43. The van der Waals surface area contributed by atoms with E-state index in [-0.39, 0.29) is 22.0 Å². The zero-order valence-electron chi connectivity index (χ0n) is 11.6. The zero-order chi connectivity index (χ0) is 15.6. The molecule has 1 aliphatic rings. The van der Waals surface area contributed by atoms with Gasteiger partial charge in [0.05, 0.1) is 16.6 Å². The molecule has 0 spiro atoms. The first-order valence-corrected chi connectivity index (χ1v) is 7.69. The van der Waals surface area contributed by atoms with Gasteiger partial charge >= 0.3 is 0 Å². The molecule has 1 saturated heterocycles. The Morgan fingerprint density at radius 1 is 1.52 bits per heavy atom. The molecule has 0 radical (unpaired) electrons. The lowest BCUT2D eigenvalue weighted by molar-refractivity contribution is -0.385. The maximum Gasteiger partial charge on any atom is 0.287 e. The van der Waals surface area contributed by atoms with E-state index < -0.39 is 16.4 Å². The van der Waals surface area contributed by atoms with Crippen LogP contribution in [0.3, 0.4) is 0 Å². The van der Waals surface area contributed by atoms with Gasteiger partial charge < -0.3 is 4.90 Å². The number of hydrogen-bond acceptors (Lipinski definition) is 3. The van der Waals surface area contributed by atoms with Crippen LogP contribution >= 0.6 is 15.9 Å².